The Labute approximate surface area is 158 Å². The van der Waals surface area contributed by atoms with Gasteiger partial charge in [0.2, 0.25) is 0 Å². The van der Waals surface area contributed by atoms with Gasteiger partial charge in [-0.3, -0.25) is 0 Å². The minimum Gasteiger partial charge on any atom is -0.423 e. The third-order valence-electron chi connectivity index (χ3n) is 5.10. The number of fused-ring (bicyclic) bond motifs is 2. The Hall–Kier alpha value is -3.02. The molecular formula is C22H19BN2O2. The van der Waals surface area contributed by atoms with Gasteiger partial charge < -0.3 is 19.6 Å². The molecule has 0 spiro atoms. The molecule has 2 N–H and O–H groups in total. The van der Waals surface area contributed by atoms with Crippen LogP contribution in [0.1, 0.15) is 11.1 Å². The molecule has 5 heteroatoms. The lowest BCUT2D eigenvalue weighted by molar-refractivity contribution is 0.275. The van der Waals surface area contributed by atoms with Crippen molar-refractivity contribution in [2.45, 2.75) is 13.2 Å². The van der Waals surface area contributed by atoms with Gasteiger partial charge in [-0.2, -0.15) is 0 Å². The van der Waals surface area contributed by atoms with Gasteiger partial charge >= 0.3 is 7.12 Å². The number of nitrogens with one attached hydrogen (secondary N) is 1. The van der Waals surface area contributed by atoms with Crippen LogP contribution in [0.15, 0.2) is 79.0 Å². The molecule has 4 nitrogen and oxygen atoms in total. The Morgan fingerprint density at radius 2 is 1.89 bits per heavy atom. The average Bonchev–Trinajstić information content (AvgIpc) is 3.30. The van der Waals surface area contributed by atoms with E-state index in [1.807, 2.05) is 18.2 Å². The van der Waals surface area contributed by atoms with Crippen molar-refractivity contribution >= 4 is 29.2 Å². The van der Waals surface area contributed by atoms with Crippen molar-refractivity contribution in [2.24, 2.45) is 0 Å². The molecule has 1 aliphatic heterocycles. The Bertz CT molecular complexity index is 1110. The highest BCUT2D eigenvalue weighted by Crippen LogP contribution is 2.25. The molecule has 0 radical (unpaired) electrons. The summed E-state index contributed by atoms with van der Waals surface area (Å²) >= 11 is 0. The van der Waals surface area contributed by atoms with Gasteiger partial charge in [-0.1, -0.05) is 36.4 Å². The van der Waals surface area contributed by atoms with Gasteiger partial charge in [-0.05, 0) is 53.0 Å². The summed E-state index contributed by atoms with van der Waals surface area (Å²) in [4.78, 5) is 0. The highest BCUT2D eigenvalue weighted by Gasteiger charge is 2.27. The van der Waals surface area contributed by atoms with Crippen LogP contribution < -0.4 is 10.8 Å². The third-order valence-corrected chi connectivity index (χ3v) is 5.10. The van der Waals surface area contributed by atoms with Crippen LogP contribution in [0.25, 0.3) is 16.6 Å². The van der Waals surface area contributed by atoms with Crippen molar-refractivity contribution in [3.8, 4) is 5.69 Å². The van der Waals surface area contributed by atoms with Crippen LogP contribution in [0, 0.1) is 0 Å². The van der Waals surface area contributed by atoms with Crippen molar-refractivity contribution in [3.05, 3.63) is 90.1 Å². The summed E-state index contributed by atoms with van der Waals surface area (Å²) in [7, 11) is -0.824. The molecule has 0 bridgehead atoms. The lowest BCUT2D eigenvalue weighted by atomic mass is 9.79. The van der Waals surface area contributed by atoms with Gasteiger partial charge in [0, 0.05) is 29.5 Å². The zero-order valence-electron chi connectivity index (χ0n) is 14.8. The summed E-state index contributed by atoms with van der Waals surface area (Å²) in [6.07, 6.45) is 2.07. The number of aromatic nitrogens is 1. The summed E-state index contributed by atoms with van der Waals surface area (Å²) < 4.78 is 7.44. The molecule has 1 aliphatic rings. The number of benzene rings is 3. The molecule has 132 valence electrons. The number of hydrogen-bond acceptors (Lipinski definition) is 3. The van der Waals surface area contributed by atoms with Crippen LogP contribution in [0.3, 0.4) is 0 Å². The fraction of sp³-hybridized carbons (Fsp3) is 0.0909. The van der Waals surface area contributed by atoms with E-state index < -0.39 is 7.12 Å². The maximum Gasteiger partial charge on any atom is 0.491 e. The van der Waals surface area contributed by atoms with Crippen molar-refractivity contribution in [2.75, 3.05) is 5.32 Å². The molecule has 0 amide bonds. The monoisotopic (exact) mass is 354 g/mol. The fourth-order valence-electron chi connectivity index (χ4n) is 3.63. The van der Waals surface area contributed by atoms with E-state index in [0.717, 1.165) is 34.5 Å². The van der Waals surface area contributed by atoms with E-state index in [9.17, 15) is 5.02 Å². The van der Waals surface area contributed by atoms with Crippen LogP contribution in [0.5, 0.6) is 0 Å². The standard InChI is InChI=1S/C22H19BN2O2/c26-23-21-13-20(8-6-18(21)15-27-23)25-11-10-17-12-19(7-9-22(17)25)24-14-16-4-2-1-3-5-16/h1-13,24,26H,14-15H2. The van der Waals surface area contributed by atoms with Crippen LogP contribution in [-0.2, 0) is 17.8 Å². The molecular weight excluding hydrogens is 335 g/mol. The topological polar surface area (TPSA) is 46.4 Å². The largest absolute Gasteiger partial charge is 0.491 e. The van der Waals surface area contributed by atoms with Crippen LogP contribution in [0.4, 0.5) is 5.69 Å². The quantitative estimate of drug-likeness (QED) is 0.552. The molecule has 0 atom stereocenters. The molecule has 1 aromatic heterocycles. The molecule has 5 rings (SSSR count). The first-order chi connectivity index (χ1) is 13.3. The number of rotatable bonds is 4. The smallest absolute Gasteiger partial charge is 0.423 e. The summed E-state index contributed by atoms with van der Waals surface area (Å²) in [5, 5.41) is 14.6. The summed E-state index contributed by atoms with van der Waals surface area (Å²) in [5.41, 5.74) is 6.42. The molecule has 0 saturated carbocycles. The zero-order chi connectivity index (χ0) is 18.2. The van der Waals surface area contributed by atoms with E-state index in [2.05, 4.69) is 70.7 Å². The maximum atomic E-state index is 9.97. The van der Waals surface area contributed by atoms with E-state index in [-0.39, 0.29) is 0 Å². The number of nitrogens with zero attached hydrogens (tertiary/aromatic N) is 1. The molecule has 0 unspecified atom stereocenters. The van der Waals surface area contributed by atoms with Crippen LogP contribution in [0.2, 0.25) is 0 Å². The SMILES string of the molecule is OB1OCc2ccc(-n3ccc4cc(NCc5ccccc5)ccc43)cc21. The fourth-order valence-corrected chi connectivity index (χ4v) is 3.63. The zero-order valence-corrected chi connectivity index (χ0v) is 14.8. The lowest BCUT2D eigenvalue weighted by Gasteiger charge is -2.10. The maximum absolute atomic E-state index is 9.97. The first kappa shape index (κ1) is 16.2. The molecule has 3 aromatic carbocycles. The Morgan fingerprint density at radius 3 is 2.78 bits per heavy atom. The predicted octanol–water partition coefficient (Wildman–Crippen LogP) is 3.46. The molecule has 0 aliphatic carbocycles. The average molecular weight is 354 g/mol. The second kappa shape index (κ2) is 6.61. The van der Waals surface area contributed by atoms with Gasteiger partial charge in [-0.15, -0.1) is 0 Å². The van der Waals surface area contributed by atoms with Crippen molar-refractivity contribution in [3.63, 3.8) is 0 Å². The van der Waals surface area contributed by atoms with Crippen molar-refractivity contribution < 1.29 is 9.68 Å². The van der Waals surface area contributed by atoms with E-state index in [4.69, 9.17) is 4.65 Å². The molecule has 27 heavy (non-hydrogen) atoms. The Balaban J connectivity index is 1.43. The molecule has 0 fully saturated rings. The van der Waals surface area contributed by atoms with Crippen molar-refractivity contribution in [1.29, 1.82) is 0 Å². The first-order valence-corrected chi connectivity index (χ1v) is 9.10. The van der Waals surface area contributed by atoms with Gasteiger partial charge in [0.05, 0.1) is 12.1 Å². The molecule has 4 aromatic rings. The third kappa shape index (κ3) is 3.01. The van der Waals surface area contributed by atoms with Gasteiger partial charge in [-0.25, -0.2) is 0 Å². The minimum atomic E-state index is -0.824. The second-order valence-electron chi connectivity index (χ2n) is 6.84. The lowest BCUT2D eigenvalue weighted by Crippen LogP contribution is -2.28. The first-order valence-electron chi connectivity index (χ1n) is 9.10. The highest BCUT2D eigenvalue weighted by molar-refractivity contribution is 6.61. The van der Waals surface area contributed by atoms with Gasteiger partial charge in [0.15, 0.2) is 0 Å². The van der Waals surface area contributed by atoms with Crippen LogP contribution >= 0.6 is 0 Å². The molecule has 2 heterocycles. The van der Waals surface area contributed by atoms with E-state index in [0.29, 0.717) is 6.61 Å². The summed E-state index contributed by atoms with van der Waals surface area (Å²) in [6, 6.07) is 25.0. The number of anilines is 1. The Kier molecular flexibility index (Phi) is 3.96. The second-order valence-corrected chi connectivity index (χ2v) is 6.84. The van der Waals surface area contributed by atoms with Gasteiger partial charge in [0.25, 0.3) is 0 Å². The Morgan fingerprint density at radius 1 is 1.00 bits per heavy atom. The highest BCUT2D eigenvalue weighted by atomic mass is 16.5. The van der Waals surface area contributed by atoms with E-state index in [1.165, 1.54) is 10.9 Å². The van der Waals surface area contributed by atoms with Crippen molar-refractivity contribution in [1.82, 2.24) is 4.57 Å². The normalized spacial score (nSPS) is 13.1. The minimum absolute atomic E-state index is 0.472. The van der Waals surface area contributed by atoms with E-state index in [1.54, 1.807) is 0 Å². The summed E-state index contributed by atoms with van der Waals surface area (Å²) in [5.74, 6) is 0. The van der Waals surface area contributed by atoms with Gasteiger partial charge in [0.1, 0.15) is 0 Å². The van der Waals surface area contributed by atoms with Crippen LogP contribution in [-0.4, -0.2) is 16.7 Å². The summed E-state index contributed by atoms with van der Waals surface area (Å²) in [6.45, 7) is 1.27. The number of hydrogen-bond donors (Lipinski definition) is 2. The van der Waals surface area contributed by atoms with E-state index >= 15 is 0 Å². The molecule has 0 saturated heterocycles. The predicted molar refractivity (Wildman–Crippen MR) is 109 cm³/mol.